The third kappa shape index (κ3) is 3.03. The van der Waals surface area contributed by atoms with E-state index in [9.17, 15) is 5.11 Å². The number of hydrogen-bond donors (Lipinski definition) is 2. The zero-order valence-electron chi connectivity index (χ0n) is 8.58. The van der Waals surface area contributed by atoms with Crippen LogP contribution in [-0.4, -0.2) is 16.7 Å². The van der Waals surface area contributed by atoms with Gasteiger partial charge in [0.2, 0.25) is 0 Å². The van der Waals surface area contributed by atoms with Crippen LogP contribution in [0.5, 0.6) is 0 Å². The summed E-state index contributed by atoms with van der Waals surface area (Å²) >= 11 is 5.13. The first kappa shape index (κ1) is 11.6. The highest BCUT2D eigenvalue weighted by atomic mass is 79.9. The second-order valence-electron chi connectivity index (χ2n) is 4.49. The molecule has 0 amide bonds. The monoisotopic (exact) mass is 289 g/mol. The molecule has 2 rings (SSSR count). The van der Waals surface area contributed by atoms with E-state index in [1.807, 2.05) is 0 Å². The first-order valence-corrected chi connectivity index (χ1v) is 6.96. The van der Waals surface area contributed by atoms with Crippen molar-refractivity contribution in [3.63, 3.8) is 0 Å². The molecule has 0 spiro atoms. The van der Waals surface area contributed by atoms with Gasteiger partial charge in [0.25, 0.3) is 0 Å². The van der Waals surface area contributed by atoms with Gasteiger partial charge in [-0.1, -0.05) is 0 Å². The number of nitrogens with two attached hydrogens (primary N) is 1. The molecule has 1 heterocycles. The van der Waals surface area contributed by atoms with Crippen LogP contribution in [0.4, 0.5) is 0 Å². The first-order valence-electron chi connectivity index (χ1n) is 5.28. The summed E-state index contributed by atoms with van der Waals surface area (Å²) in [5.41, 5.74) is 5.34. The van der Waals surface area contributed by atoms with Gasteiger partial charge >= 0.3 is 0 Å². The van der Waals surface area contributed by atoms with Crippen LogP contribution in [0.2, 0.25) is 0 Å². The van der Waals surface area contributed by atoms with Gasteiger partial charge in [0.15, 0.2) is 0 Å². The lowest BCUT2D eigenvalue weighted by Gasteiger charge is -2.35. The topological polar surface area (TPSA) is 46.2 Å². The van der Waals surface area contributed by atoms with Gasteiger partial charge in [-0.05, 0) is 47.7 Å². The van der Waals surface area contributed by atoms with E-state index < -0.39 is 5.60 Å². The number of rotatable bonds is 2. The Hall–Kier alpha value is 0.1000. The van der Waals surface area contributed by atoms with E-state index in [2.05, 4.69) is 27.4 Å². The molecule has 15 heavy (non-hydrogen) atoms. The Morgan fingerprint density at radius 1 is 1.67 bits per heavy atom. The minimum absolute atomic E-state index is 0.173. The molecule has 0 saturated heterocycles. The Labute approximate surface area is 103 Å². The zero-order valence-corrected chi connectivity index (χ0v) is 11.0. The largest absolute Gasteiger partial charge is 0.389 e. The lowest BCUT2D eigenvalue weighted by Crippen LogP contribution is -2.42. The maximum atomic E-state index is 10.4. The van der Waals surface area contributed by atoms with Gasteiger partial charge in [-0.25, -0.2) is 0 Å². The molecule has 0 aliphatic heterocycles. The molecule has 2 atom stereocenters. The predicted molar refractivity (Wildman–Crippen MR) is 67.1 cm³/mol. The maximum absolute atomic E-state index is 10.4. The quantitative estimate of drug-likeness (QED) is 0.879. The van der Waals surface area contributed by atoms with Gasteiger partial charge in [-0.15, -0.1) is 11.3 Å². The van der Waals surface area contributed by atoms with Gasteiger partial charge in [0, 0.05) is 27.2 Å². The third-order valence-corrected chi connectivity index (χ3v) is 4.68. The van der Waals surface area contributed by atoms with E-state index in [0.717, 1.165) is 36.6 Å². The van der Waals surface area contributed by atoms with Crippen LogP contribution in [0.25, 0.3) is 0 Å². The minimum atomic E-state index is -0.567. The summed E-state index contributed by atoms with van der Waals surface area (Å²) in [5, 5.41) is 12.5. The van der Waals surface area contributed by atoms with Gasteiger partial charge in [0.1, 0.15) is 0 Å². The van der Waals surface area contributed by atoms with E-state index in [0.29, 0.717) is 0 Å². The van der Waals surface area contributed by atoms with Crippen molar-refractivity contribution in [2.24, 2.45) is 5.73 Å². The fraction of sp³-hybridized carbons (Fsp3) is 0.636. The third-order valence-electron chi connectivity index (χ3n) is 2.98. The smallest absolute Gasteiger partial charge is 0.0710 e. The standard InChI is InChI=1S/C11H16BrNOS/c12-8-4-10(15-7-8)6-11(14)3-1-2-9(13)5-11/h4,7,9,14H,1-3,5-6,13H2. The van der Waals surface area contributed by atoms with Crippen molar-refractivity contribution >= 4 is 27.3 Å². The molecular weight excluding hydrogens is 274 g/mol. The van der Waals surface area contributed by atoms with Gasteiger partial charge < -0.3 is 10.8 Å². The van der Waals surface area contributed by atoms with E-state index in [4.69, 9.17) is 5.73 Å². The molecule has 0 aromatic carbocycles. The maximum Gasteiger partial charge on any atom is 0.0710 e. The molecule has 1 aliphatic rings. The lowest BCUT2D eigenvalue weighted by atomic mass is 9.80. The fourth-order valence-electron chi connectivity index (χ4n) is 2.32. The first-order chi connectivity index (χ1) is 7.07. The van der Waals surface area contributed by atoms with Crippen molar-refractivity contribution < 1.29 is 5.11 Å². The highest BCUT2D eigenvalue weighted by Gasteiger charge is 2.33. The van der Waals surface area contributed by atoms with Crippen molar-refractivity contribution in [3.05, 3.63) is 20.8 Å². The number of aliphatic hydroxyl groups is 1. The summed E-state index contributed by atoms with van der Waals surface area (Å²) in [6, 6.07) is 2.26. The van der Waals surface area contributed by atoms with Crippen molar-refractivity contribution in [2.75, 3.05) is 0 Å². The summed E-state index contributed by atoms with van der Waals surface area (Å²) in [7, 11) is 0. The SMILES string of the molecule is NC1CCCC(O)(Cc2cc(Br)cs2)C1. The molecule has 1 aromatic heterocycles. The second kappa shape index (κ2) is 4.53. The average Bonchev–Trinajstić information content (AvgIpc) is 2.49. The summed E-state index contributed by atoms with van der Waals surface area (Å²) in [6.45, 7) is 0. The molecular formula is C11H16BrNOS. The zero-order chi connectivity index (χ0) is 10.9. The number of thiophene rings is 1. The Kier molecular flexibility index (Phi) is 3.50. The van der Waals surface area contributed by atoms with Crippen molar-refractivity contribution in [1.82, 2.24) is 0 Å². The van der Waals surface area contributed by atoms with Crippen LogP contribution < -0.4 is 5.73 Å². The van der Waals surface area contributed by atoms with Gasteiger partial charge in [0.05, 0.1) is 5.60 Å². The van der Waals surface area contributed by atoms with Crippen molar-refractivity contribution in [2.45, 2.75) is 43.7 Å². The van der Waals surface area contributed by atoms with E-state index in [1.165, 1.54) is 4.88 Å². The van der Waals surface area contributed by atoms with Crippen molar-refractivity contribution in [3.8, 4) is 0 Å². The lowest BCUT2D eigenvalue weighted by molar-refractivity contribution is -0.00123. The Balaban J connectivity index is 2.03. The van der Waals surface area contributed by atoms with Crippen LogP contribution in [0.15, 0.2) is 15.9 Å². The second-order valence-corrected chi connectivity index (χ2v) is 6.40. The highest BCUT2D eigenvalue weighted by molar-refractivity contribution is 9.10. The molecule has 0 radical (unpaired) electrons. The summed E-state index contributed by atoms with van der Waals surface area (Å²) in [4.78, 5) is 1.23. The summed E-state index contributed by atoms with van der Waals surface area (Å²) in [6.07, 6.45) is 4.47. The summed E-state index contributed by atoms with van der Waals surface area (Å²) < 4.78 is 1.10. The van der Waals surface area contributed by atoms with Gasteiger partial charge in [-0.2, -0.15) is 0 Å². The van der Waals surface area contributed by atoms with E-state index >= 15 is 0 Å². The van der Waals surface area contributed by atoms with E-state index in [-0.39, 0.29) is 6.04 Å². The Morgan fingerprint density at radius 3 is 3.07 bits per heavy atom. The molecule has 1 aromatic rings. The van der Waals surface area contributed by atoms with Crippen molar-refractivity contribution in [1.29, 1.82) is 0 Å². The molecule has 1 saturated carbocycles. The van der Waals surface area contributed by atoms with Gasteiger partial charge in [-0.3, -0.25) is 0 Å². The minimum Gasteiger partial charge on any atom is -0.389 e. The fourth-order valence-corrected chi connectivity index (χ4v) is 3.90. The number of halogens is 1. The molecule has 0 bridgehead atoms. The van der Waals surface area contributed by atoms with Crippen LogP contribution >= 0.6 is 27.3 Å². The van der Waals surface area contributed by atoms with Crippen LogP contribution in [-0.2, 0) is 6.42 Å². The predicted octanol–water partition coefficient (Wildman–Crippen LogP) is 2.69. The molecule has 2 nitrogen and oxygen atoms in total. The molecule has 84 valence electrons. The molecule has 2 unspecified atom stereocenters. The average molecular weight is 290 g/mol. The molecule has 1 aliphatic carbocycles. The molecule has 1 fully saturated rings. The number of hydrogen-bond acceptors (Lipinski definition) is 3. The Morgan fingerprint density at radius 2 is 2.47 bits per heavy atom. The molecule has 3 N–H and O–H groups in total. The highest BCUT2D eigenvalue weighted by Crippen LogP contribution is 2.33. The van der Waals surface area contributed by atoms with Crippen LogP contribution in [0, 0.1) is 0 Å². The normalized spacial score (nSPS) is 31.8. The van der Waals surface area contributed by atoms with Crippen LogP contribution in [0.1, 0.15) is 30.6 Å². The summed E-state index contributed by atoms with van der Waals surface area (Å²) in [5.74, 6) is 0. The van der Waals surface area contributed by atoms with Crippen LogP contribution in [0.3, 0.4) is 0 Å². The van der Waals surface area contributed by atoms with E-state index in [1.54, 1.807) is 11.3 Å². The molecule has 4 heteroatoms. The Bertz CT molecular complexity index is 341.